The summed E-state index contributed by atoms with van der Waals surface area (Å²) in [6.07, 6.45) is 13.3. The van der Waals surface area contributed by atoms with Gasteiger partial charge in [-0.25, -0.2) is 0 Å². The van der Waals surface area contributed by atoms with Gasteiger partial charge in [0, 0.05) is 0 Å². The van der Waals surface area contributed by atoms with Crippen molar-refractivity contribution in [2.24, 2.45) is 10.6 Å². The Morgan fingerprint density at radius 3 is 1.76 bits per heavy atom. The minimum absolute atomic E-state index is 0.642. The van der Waals surface area contributed by atoms with Gasteiger partial charge >= 0.3 is 0 Å². The van der Waals surface area contributed by atoms with Crippen molar-refractivity contribution in [3.8, 4) is 0 Å². The van der Waals surface area contributed by atoms with Gasteiger partial charge in [0.2, 0.25) is 0 Å². The van der Waals surface area contributed by atoms with Crippen LogP contribution in [0.2, 0.25) is 0 Å². The predicted octanol–water partition coefficient (Wildman–Crippen LogP) is 4.85. The van der Waals surface area contributed by atoms with Gasteiger partial charge in [-0.3, -0.25) is 0 Å². The third kappa shape index (κ3) is 15.2. The van der Waals surface area contributed by atoms with E-state index >= 15 is 0 Å². The lowest BCUT2D eigenvalue weighted by molar-refractivity contribution is 0.0608. The van der Waals surface area contributed by atoms with Gasteiger partial charge in [-0.1, -0.05) is 58.3 Å². The molecule has 0 bridgehead atoms. The minimum atomic E-state index is 0.642. The van der Waals surface area contributed by atoms with Crippen LogP contribution in [-0.2, 0) is 9.68 Å². The molecule has 0 saturated heterocycles. The highest BCUT2D eigenvalue weighted by atomic mass is 16.7. The number of rotatable bonds is 13. The molecule has 0 aromatic carbocycles. The first-order chi connectivity index (χ1) is 8.41. The molecule has 0 heterocycles. The van der Waals surface area contributed by atoms with E-state index in [9.17, 15) is 0 Å². The van der Waals surface area contributed by atoms with Gasteiger partial charge in [0.15, 0.2) is 0 Å². The summed E-state index contributed by atoms with van der Waals surface area (Å²) < 4.78 is 0. The minimum Gasteiger partial charge on any atom is -0.380 e. The Morgan fingerprint density at radius 2 is 1.24 bits per heavy atom. The first kappa shape index (κ1) is 16.2. The molecule has 102 valence electrons. The first-order valence-corrected chi connectivity index (χ1v) is 6.97. The van der Waals surface area contributed by atoms with Gasteiger partial charge in [0.1, 0.15) is 13.7 Å². The maximum absolute atomic E-state index is 4.88. The van der Waals surface area contributed by atoms with E-state index < -0.39 is 0 Å². The van der Waals surface area contributed by atoms with Crippen LogP contribution in [0, 0.1) is 0 Å². The van der Waals surface area contributed by atoms with Crippen LogP contribution < -0.4 is 0 Å². The van der Waals surface area contributed by atoms with Crippen molar-refractivity contribution in [3.63, 3.8) is 0 Å². The predicted molar refractivity (Wildman–Crippen MR) is 69.7 cm³/mol. The summed E-state index contributed by atoms with van der Waals surface area (Å²) in [6, 6.07) is 0. The van der Waals surface area contributed by atoms with Crippen molar-refractivity contribution in [2.75, 3.05) is 13.7 Å². The quantitative estimate of drug-likeness (QED) is 0.264. The number of hydrogen-bond donors (Lipinski definition) is 0. The summed E-state index contributed by atoms with van der Waals surface area (Å²) in [5.41, 5.74) is 0. The molecule has 17 heavy (non-hydrogen) atoms. The number of unbranched alkanes of at least 4 members (excludes halogenated alkanes) is 9. The molecular weight excluding hydrogens is 216 g/mol. The molecule has 4 heteroatoms. The van der Waals surface area contributed by atoms with E-state index in [0.29, 0.717) is 6.61 Å². The van der Waals surface area contributed by atoms with Crippen LogP contribution in [0.5, 0.6) is 0 Å². The molecule has 0 aliphatic heterocycles. The zero-order valence-corrected chi connectivity index (χ0v) is 11.5. The Balaban J connectivity index is 2.91. The summed E-state index contributed by atoms with van der Waals surface area (Å²) >= 11 is 0. The van der Waals surface area contributed by atoms with Gasteiger partial charge in [0.05, 0.1) is 10.6 Å². The van der Waals surface area contributed by atoms with Crippen molar-refractivity contribution in [2.45, 2.75) is 71.1 Å². The van der Waals surface area contributed by atoms with Gasteiger partial charge < -0.3 is 9.68 Å². The lowest BCUT2D eigenvalue weighted by atomic mass is 10.1. The Kier molecular flexibility index (Phi) is 14.5. The largest absolute Gasteiger partial charge is 0.380 e. The van der Waals surface area contributed by atoms with E-state index in [1.165, 1.54) is 64.9 Å². The summed E-state index contributed by atoms with van der Waals surface area (Å²) in [6.45, 7) is 2.90. The molecule has 0 saturated carbocycles. The second kappa shape index (κ2) is 15.2. The molecular formula is C13H28N2O2. The molecule has 0 aliphatic carbocycles. The van der Waals surface area contributed by atoms with E-state index in [-0.39, 0.29) is 0 Å². The summed E-state index contributed by atoms with van der Waals surface area (Å²) in [5, 5.41) is 6.63. The second-order valence-corrected chi connectivity index (χ2v) is 4.36. The van der Waals surface area contributed by atoms with Crippen molar-refractivity contribution in [3.05, 3.63) is 0 Å². The van der Waals surface area contributed by atoms with Crippen LogP contribution in [0.15, 0.2) is 10.6 Å². The third-order valence-corrected chi connectivity index (χ3v) is 2.76. The van der Waals surface area contributed by atoms with Gasteiger partial charge in [-0.05, 0) is 12.8 Å². The van der Waals surface area contributed by atoms with E-state index in [1.807, 2.05) is 0 Å². The fraction of sp³-hybridized carbons (Fsp3) is 1.00. The van der Waals surface area contributed by atoms with Gasteiger partial charge in [-0.2, -0.15) is 0 Å². The van der Waals surface area contributed by atoms with Crippen LogP contribution in [-0.4, -0.2) is 13.7 Å². The molecule has 4 nitrogen and oxygen atoms in total. The van der Waals surface area contributed by atoms with Crippen LogP contribution in [0.3, 0.4) is 0 Å². The number of nitrogens with zero attached hydrogens (tertiary/aromatic N) is 2. The zero-order valence-electron chi connectivity index (χ0n) is 11.5. The van der Waals surface area contributed by atoms with Crippen molar-refractivity contribution >= 4 is 0 Å². The molecule has 0 aromatic rings. The molecule has 0 aromatic heterocycles. The average Bonchev–Trinajstić information content (AvgIpc) is 2.35. The van der Waals surface area contributed by atoms with Crippen LogP contribution in [0.25, 0.3) is 0 Å². The highest BCUT2D eigenvalue weighted by Gasteiger charge is 1.92. The summed E-state index contributed by atoms with van der Waals surface area (Å²) in [7, 11) is 1.45. The molecule has 0 aliphatic rings. The topological polar surface area (TPSA) is 43.2 Å². The molecule has 0 atom stereocenters. The SMILES string of the molecule is CCCCCCCCCCCCON=NOC. The Morgan fingerprint density at radius 1 is 0.706 bits per heavy atom. The fourth-order valence-electron chi connectivity index (χ4n) is 1.75. The molecule has 0 radical (unpaired) electrons. The molecule has 0 rings (SSSR count). The summed E-state index contributed by atoms with van der Waals surface area (Å²) in [4.78, 5) is 9.25. The Hall–Kier alpha value is -0.800. The zero-order chi connectivity index (χ0) is 12.6. The lowest BCUT2D eigenvalue weighted by Gasteiger charge is -2.01. The second-order valence-electron chi connectivity index (χ2n) is 4.36. The van der Waals surface area contributed by atoms with Crippen LogP contribution >= 0.6 is 0 Å². The first-order valence-electron chi connectivity index (χ1n) is 6.97. The highest BCUT2D eigenvalue weighted by molar-refractivity contribution is 4.46. The van der Waals surface area contributed by atoms with Crippen LogP contribution in [0.4, 0.5) is 0 Å². The molecule has 0 N–H and O–H groups in total. The van der Waals surface area contributed by atoms with E-state index in [0.717, 1.165) is 6.42 Å². The molecule has 0 unspecified atom stereocenters. The highest BCUT2D eigenvalue weighted by Crippen LogP contribution is 2.10. The van der Waals surface area contributed by atoms with Crippen molar-refractivity contribution < 1.29 is 9.68 Å². The summed E-state index contributed by atoms with van der Waals surface area (Å²) in [5.74, 6) is 0. The lowest BCUT2D eigenvalue weighted by Crippen LogP contribution is -1.88. The van der Waals surface area contributed by atoms with Crippen molar-refractivity contribution in [1.29, 1.82) is 0 Å². The standard InChI is InChI=1S/C13H28N2O2/c1-3-4-5-6-7-8-9-10-11-12-13-17-15-14-16-2/h3-13H2,1-2H3. The van der Waals surface area contributed by atoms with E-state index in [4.69, 9.17) is 4.84 Å². The maximum atomic E-state index is 4.88. The van der Waals surface area contributed by atoms with Crippen LogP contribution in [0.1, 0.15) is 71.1 Å². The average molecular weight is 244 g/mol. The van der Waals surface area contributed by atoms with E-state index in [2.05, 4.69) is 22.3 Å². The molecule has 0 amide bonds. The normalized spacial score (nSPS) is 10.9. The maximum Gasteiger partial charge on any atom is 0.119 e. The fourth-order valence-corrected chi connectivity index (χ4v) is 1.75. The van der Waals surface area contributed by atoms with E-state index in [1.54, 1.807) is 0 Å². The number of hydrogen-bond acceptors (Lipinski definition) is 4. The van der Waals surface area contributed by atoms with Gasteiger partial charge in [0.25, 0.3) is 0 Å². The Bertz CT molecular complexity index is 163. The smallest absolute Gasteiger partial charge is 0.119 e. The molecule has 0 spiro atoms. The van der Waals surface area contributed by atoms with Gasteiger partial charge in [-0.15, -0.1) is 0 Å². The van der Waals surface area contributed by atoms with Crippen molar-refractivity contribution in [1.82, 2.24) is 0 Å². The Labute approximate surface area is 106 Å². The monoisotopic (exact) mass is 244 g/mol. The molecule has 0 fully saturated rings. The third-order valence-electron chi connectivity index (χ3n) is 2.76.